The van der Waals surface area contributed by atoms with E-state index in [1.54, 1.807) is 23.1 Å². The van der Waals surface area contributed by atoms with Crippen LogP contribution in [0.25, 0.3) is 0 Å². The van der Waals surface area contributed by atoms with E-state index in [1.807, 2.05) is 27.7 Å². The lowest BCUT2D eigenvalue weighted by Crippen LogP contribution is -2.39. The molecule has 0 radical (unpaired) electrons. The smallest absolute Gasteiger partial charge is 0.260 e. The molecule has 0 aliphatic rings. The van der Waals surface area contributed by atoms with Crippen molar-refractivity contribution in [1.82, 2.24) is 4.90 Å². The Bertz CT molecular complexity index is 574. The number of carbonyl (C=O) groups excluding carboxylic acids is 2. The van der Waals surface area contributed by atoms with Gasteiger partial charge in [-0.1, -0.05) is 25.4 Å². The van der Waals surface area contributed by atoms with Crippen molar-refractivity contribution < 1.29 is 14.3 Å². The molecule has 2 amide bonds. The lowest BCUT2D eigenvalue weighted by atomic mass is 10.0. The van der Waals surface area contributed by atoms with Gasteiger partial charge in [-0.15, -0.1) is 0 Å². The number of nitrogens with zero attached hydrogens (tertiary/aromatic N) is 1. The van der Waals surface area contributed by atoms with Crippen LogP contribution in [0.4, 0.5) is 5.69 Å². The summed E-state index contributed by atoms with van der Waals surface area (Å²) in [5.74, 6) is 0.0558. The molecule has 0 heterocycles. The number of amides is 2. The summed E-state index contributed by atoms with van der Waals surface area (Å²) >= 11 is 6.15. The predicted octanol–water partition coefficient (Wildman–Crippen LogP) is 2.51. The largest absolute Gasteiger partial charge is 0.482 e. The molecule has 7 heteroatoms. The maximum absolute atomic E-state index is 11.9. The molecule has 0 aliphatic carbocycles. The van der Waals surface area contributed by atoms with Crippen LogP contribution in [0.15, 0.2) is 18.2 Å². The third-order valence-electron chi connectivity index (χ3n) is 3.69. The number of halogens is 1. The number of rotatable bonds is 8. The van der Waals surface area contributed by atoms with E-state index >= 15 is 0 Å². The standard InChI is InChI=1S/C17H26ClN3O3/c1-5-21(6-2)15(22)10-24-14-8-7-12(9-13(14)18)20-17(23)16(19)11(3)4/h7-9,11,16H,5-6,10,19H2,1-4H3,(H,20,23). The molecule has 1 atom stereocenters. The summed E-state index contributed by atoms with van der Waals surface area (Å²) < 4.78 is 5.47. The number of anilines is 1. The zero-order valence-electron chi connectivity index (χ0n) is 14.6. The highest BCUT2D eigenvalue weighted by molar-refractivity contribution is 6.32. The molecule has 1 rings (SSSR count). The summed E-state index contributed by atoms with van der Waals surface area (Å²) in [5.41, 5.74) is 6.33. The van der Waals surface area contributed by atoms with Gasteiger partial charge in [0.2, 0.25) is 5.91 Å². The van der Waals surface area contributed by atoms with Crippen LogP contribution in [0, 0.1) is 5.92 Å². The van der Waals surface area contributed by atoms with Gasteiger partial charge >= 0.3 is 0 Å². The zero-order valence-corrected chi connectivity index (χ0v) is 15.4. The maximum Gasteiger partial charge on any atom is 0.260 e. The normalized spacial score (nSPS) is 12.0. The van der Waals surface area contributed by atoms with Crippen LogP contribution in [-0.4, -0.2) is 42.5 Å². The summed E-state index contributed by atoms with van der Waals surface area (Å²) in [4.78, 5) is 25.6. The highest BCUT2D eigenvalue weighted by Gasteiger charge is 2.18. The number of likely N-dealkylation sites (N-methyl/N-ethyl adjacent to an activating group) is 1. The molecule has 0 saturated heterocycles. The van der Waals surface area contributed by atoms with Gasteiger partial charge in [0.05, 0.1) is 11.1 Å². The van der Waals surface area contributed by atoms with Gasteiger partial charge in [-0.05, 0) is 38.0 Å². The first-order chi connectivity index (χ1) is 11.3. The Balaban J connectivity index is 2.68. The Morgan fingerprint density at radius 1 is 1.29 bits per heavy atom. The molecule has 1 aromatic carbocycles. The molecule has 6 nitrogen and oxygen atoms in total. The lowest BCUT2D eigenvalue weighted by molar-refractivity contribution is -0.133. The van der Waals surface area contributed by atoms with E-state index < -0.39 is 6.04 Å². The monoisotopic (exact) mass is 355 g/mol. The Kier molecular flexibility index (Phi) is 8.01. The molecule has 0 aliphatic heterocycles. The van der Waals surface area contributed by atoms with E-state index in [0.29, 0.717) is 29.5 Å². The maximum atomic E-state index is 11.9. The van der Waals surface area contributed by atoms with Crippen LogP contribution in [0.1, 0.15) is 27.7 Å². The molecular formula is C17H26ClN3O3. The lowest BCUT2D eigenvalue weighted by Gasteiger charge is -2.19. The fourth-order valence-corrected chi connectivity index (χ4v) is 2.27. The van der Waals surface area contributed by atoms with Crippen molar-refractivity contribution in [3.8, 4) is 5.75 Å². The molecule has 1 unspecified atom stereocenters. The van der Waals surface area contributed by atoms with Gasteiger partial charge in [0.1, 0.15) is 5.75 Å². The Labute approximate surface area is 148 Å². The molecular weight excluding hydrogens is 330 g/mol. The average molecular weight is 356 g/mol. The van der Waals surface area contributed by atoms with Gasteiger partial charge in [-0.3, -0.25) is 9.59 Å². The molecule has 24 heavy (non-hydrogen) atoms. The van der Waals surface area contributed by atoms with E-state index in [9.17, 15) is 9.59 Å². The summed E-state index contributed by atoms with van der Waals surface area (Å²) in [6, 6.07) is 4.26. The van der Waals surface area contributed by atoms with Crippen molar-refractivity contribution >= 4 is 29.1 Å². The minimum atomic E-state index is -0.591. The highest BCUT2D eigenvalue weighted by atomic mass is 35.5. The third kappa shape index (κ3) is 5.69. The van der Waals surface area contributed by atoms with Gasteiger partial charge in [0.25, 0.3) is 5.91 Å². The van der Waals surface area contributed by atoms with Gasteiger partial charge in [-0.2, -0.15) is 0 Å². The summed E-state index contributed by atoms with van der Waals surface area (Å²) in [5, 5.41) is 3.03. The van der Waals surface area contributed by atoms with Crippen LogP contribution in [0.5, 0.6) is 5.75 Å². The predicted molar refractivity (Wildman–Crippen MR) is 96.3 cm³/mol. The van der Waals surface area contributed by atoms with E-state index in [1.165, 1.54) is 0 Å². The molecule has 134 valence electrons. The van der Waals surface area contributed by atoms with E-state index in [0.717, 1.165) is 0 Å². The minimum Gasteiger partial charge on any atom is -0.482 e. The van der Waals surface area contributed by atoms with E-state index in [2.05, 4.69) is 5.32 Å². The summed E-state index contributed by atoms with van der Waals surface area (Å²) in [6.45, 7) is 8.76. The number of hydrogen-bond donors (Lipinski definition) is 2. The second-order valence-electron chi connectivity index (χ2n) is 5.76. The first kappa shape index (κ1) is 20.3. The topological polar surface area (TPSA) is 84.7 Å². The molecule has 0 saturated carbocycles. The van der Waals surface area contributed by atoms with Gasteiger partial charge in [0, 0.05) is 18.8 Å². The highest BCUT2D eigenvalue weighted by Crippen LogP contribution is 2.27. The van der Waals surface area contributed by atoms with Crippen LogP contribution in [-0.2, 0) is 9.59 Å². The van der Waals surface area contributed by atoms with Crippen molar-refractivity contribution in [2.24, 2.45) is 11.7 Å². The van der Waals surface area contributed by atoms with Crippen molar-refractivity contribution in [1.29, 1.82) is 0 Å². The fourth-order valence-electron chi connectivity index (χ4n) is 2.03. The summed E-state index contributed by atoms with van der Waals surface area (Å²) in [7, 11) is 0. The minimum absolute atomic E-state index is 0.0363. The quantitative estimate of drug-likeness (QED) is 0.750. The molecule has 3 N–H and O–H groups in total. The number of ether oxygens (including phenoxy) is 1. The average Bonchev–Trinajstić information content (AvgIpc) is 2.54. The second-order valence-corrected chi connectivity index (χ2v) is 6.17. The number of benzene rings is 1. The Morgan fingerprint density at radius 3 is 2.42 bits per heavy atom. The number of nitrogens with one attached hydrogen (secondary N) is 1. The van der Waals surface area contributed by atoms with Crippen molar-refractivity contribution in [3.05, 3.63) is 23.2 Å². The first-order valence-corrected chi connectivity index (χ1v) is 8.44. The van der Waals surface area contributed by atoms with Crippen LogP contribution >= 0.6 is 11.6 Å². The van der Waals surface area contributed by atoms with Gasteiger partial charge in [0.15, 0.2) is 6.61 Å². The Hall–Kier alpha value is -1.79. The summed E-state index contributed by atoms with van der Waals surface area (Å²) in [6.07, 6.45) is 0. The van der Waals surface area contributed by atoms with Gasteiger partial charge < -0.3 is 20.7 Å². The SMILES string of the molecule is CCN(CC)C(=O)COc1ccc(NC(=O)C(N)C(C)C)cc1Cl. The Morgan fingerprint density at radius 2 is 1.92 bits per heavy atom. The molecule has 0 bridgehead atoms. The second kappa shape index (κ2) is 9.49. The van der Waals surface area contributed by atoms with Crippen molar-refractivity contribution in [2.75, 3.05) is 25.0 Å². The van der Waals surface area contributed by atoms with Gasteiger partial charge in [-0.25, -0.2) is 0 Å². The van der Waals surface area contributed by atoms with Crippen molar-refractivity contribution in [3.63, 3.8) is 0 Å². The van der Waals surface area contributed by atoms with Crippen LogP contribution < -0.4 is 15.8 Å². The molecule has 0 spiro atoms. The van der Waals surface area contributed by atoms with E-state index in [4.69, 9.17) is 22.1 Å². The molecule has 0 fully saturated rings. The van der Waals surface area contributed by atoms with Crippen LogP contribution in [0.3, 0.4) is 0 Å². The first-order valence-electron chi connectivity index (χ1n) is 8.06. The zero-order chi connectivity index (χ0) is 18.3. The van der Waals surface area contributed by atoms with E-state index in [-0.39, 0.29) is 24.3 Å². The molecule has 1 aromatic rings. The number of hydrogen-bond acceptors (Lipinski definition) is 4. The number of nitrogens with two attached hydrogens (primary N) is 1. The van der Waals surface area contributed by atoms with Crippen LogP contribution in [0.2, 0.25) is 5.02 Å². The van der Waals surface area contributed by atoms with Crippen molar-refractivity contribution in [2.45, 2.75) is 33.7 Å². The molecule has 0 aromatic heterocycles. The fraction of sp³-hybridized carbons (Fsp3) is 0.529. The number of carbonyl (C=O) groups is 2. The third-order valence-corrected chi connectivity index (χ3v) is 3.98.